The third-order valence-corrected chi connectivity index (χ3v) is 14.6. The number of carbonyl (C=O) groups excluding carboxylic acids is 3. The van der Waals surface area contributed by atoms with Gasteiger partial charge in [0.2, 0.25) is 5.91 Å². The maximum Gasteiger partial charge on any atom is 0.305 e. The first-order valence-corrected chi connectivity index (χ1v) is 21.2. The SMILES string of the molecule is CCOC(=O)CCCCCCN1C(=O)CC[C@@H]1C=C[C@@H](OCC(=O)c1ccc(CO[Si](C)(C)C(C)(C)C)cc1)C(F)(F)c1ccc(I)cc1. The van der Waals surface area contributed by atoms with E-state index < -0.39 is 32.7 Å². The Balaban J connectivity index is 1.67. The summed E-state index contributed by atoms with van der Waals surface area (Å²) in [5.74, 6) is -4.06. The predicted molar refractivity (Wildman–Crippen MR) is 199 cm³/mol. The fourth-order valence-corrected chi connectivity index (χ4v) is 6.57. The fourth-order valence-electron chi connectivity index (χ4n) is 5.25. The van der Waals surface area contributed by atoms with E-state index in [2.05, 4.69) is 56.5 Å². The molecule has 0 unspecified atom stereocenters. The number of nitrogens with zero attached hydrogens (tertiary/aromatic N) is 1. The number of likely N-dealkylation sites (tertiary alicyclic amines) is 1. The summed E-state index contributed by atoms with van der Waals surface area (Å²) in [6.07, 6.45) is 5.57. The number of rotatable bonds is 19. The Hall–Kier alpha value is -2.48. The number of benzene rings is 2. The van der Waals surface area contributed by atoms with Gasteiger partial charge in [0.05, 0.1) is 19.3 Å². The summed E-state index contributed by atoms with van der Waals surface area (Å²) in [6.45, 7) is 13.4. The van der Waals surface area contributed by atoms with E-state index in [9.17, 15) is 14.4 Å². The van der Waals surface area contributed by atoms with Crippen LogP contribution in [-0.4, -0.2) is 62.8 Å². The van der Waals surface area contributed by atoms with Crippen molar-refractivity contribution in [3.63, 3.8) is 0 Å². The molecular formula is C38H52F2INO6Si. The van der Waals surface area contributed by atoms with Gasteiger partial charge in [-0.25, -0.2) is 0 Å². The van der Waals surface area contributed by atoms with Crippen LogP contribution in [0.25, 0.3) is 0 Å². The molecule has 2 atom stereocenters. The van der Waals surface area contributed by atoms with E-state index >= 15 is 8.78 Å². The molecular weight excluding hydrogens is 759 g/mol. The highest BCUT2D eigenvalue weighted by Gasteiger charge is 2.42. The molecule has 0 bridgehead atoms. The molecule has 0 radical (unpaired) electrons. The number of hydrogen-bond donors (Lipinski definition) is 0. The van der Waals surface area contributed by atoms with Crippen LogP contribution in [-0.2, 0) is 36.0 Å². The van der Waals surface area contributed by atoms with Crippen LogP contribution in [0.1, 0.15) is 94.1 Å². The summed E-state index contributed by atoms with van der Waals surface area (Å²) in [4.78, 5) is 39.1. The lowest BCUT2D eigenvalue weighted by Crippen LogP contribution is -2.40. The first-order chi connectivity index (χ1) is 23.0. The molecule has 0 aliphatic carbocycles. The number of carbonyl (C=O) groups is 3. The van der Waals surface area contributed by atoms with Gasteiger partial charge in [-0.15, -0.1) is 0 Å². The second-order valence-corrected chi connectivity index (χ2v) is 20.1. The van der Waals surface area contributed by atoms with E-state index in [0.717, 1.165) is 34.8 Å². The molecule has 1 amide bonds. The Kier molecular flexibility index (Phi) is 15.6. The number of ether oxygens (including phenoxy) is 2. The molecule has 2 aromatic carbocycles. The van der Waals surface area contributed by atoms with Gasteiger partial charge >= 0.3 is 11.9 Å². The number of hydrogen-bond acceptors (Lipinski definition) is 6. The topological polar surface area (TPSA) is 82.1 Å². The maximum absolute atomic E-state index is 16.0. The number of alkyl halides is 2. The van der Waals surface area contributed by atoms with E-state index in [1.54, 1.807) is 42.2 Å². The Bertz CT molecular complexity index is 1410. The third-order valence-electron chi connectivity index (χ3n) is 9.38. The molecule has 1 heterocycles. The number of amides is 1. The van der Waals surface area contributed by atoms with Gasteiger partial charge in [-0.2, -0.15) is 8.78 Å². The minimum absolute atomic E-state index is 0.0172. The molecule has 2 aromatic rings. The van der Waals surface area contributed by atoms with Crippen LogP contribution in [0, 0.1) is 3.57 Å². The number of halogens is 3. The highest BCUT2D eigenvalue weighted by atomic mass is 127. The van der Waals surface area contributed by atoms with Crippen LogP contribution in [0.15, 0.2) is 60.7 Å². The molecule has 1 aliphatic rings. The van der Waals surface area contributed by atoms with E-state index in [1.807, 2.05) is 12.1 Å². The lowest BCUT2D eigenvalue weighted by molar-refractivity contribution is -0.143. The molecule has 7 nitrogen and oxygen atoms in total. The molecule has 49 heavy (non-hydrogen) atoms. The van der Waals surface area contributed by atoms with Crippen molar-refractivity contribution in [2.24, 2.45) is 0 Å². The lowest BCUT2D eigenvalue weighted by atomic mass is 10.0. The van der Waals surface area contributed by atoms with Crippen molar-refractivity contribution in [2.75, 3.05) is 19.8 Å². The van der Waals surface area contributed by atoms with Gasteiger partial charge < -0.3 is 18.8 Å². The number of unbranched alkanes of at least 4 members (excludes halogenated alkanes) is 3. The van der Waals surface area contributed by atoms with Crippen molar-refractivity contribution in [1.82, 2.24) is 4.90 Å². The Morgan fingerprint density at radius 3 is 2.31 bits per heavy atom. The largest absolute Gasteiger partial charge is 0.466 e. The van der Waals surface area contributed by atoms with E-state index in [1.165, 1.54) is 18.2 Å². The quantitative estimate of drug-likeness (QED) is 0.0352. The second-order valence-electron chi connectivity index (χ2n) is 14.1. The van der Waals surface area contributed by atoms with Crippen molar-refractivity contribution < 1.29 is 37.1 Å². The second kappa shape index (κ2) is 18.7. The number of esters is 1. The van der Waals surface area contributed by atoms with Crippen molar-refractivity contribution in [3.8, 4) is 0 Å². The summed E-state index contributed by atoms with van der Waals surface area (Å²) < 4.78 is 49.7. The van der Waals surface area contributed by atoms with Crippen molar-refractivity contribution in [3.05, 3.63) is 80.9 Å². The molecule has 0 N–H and O–H groups in total. The first kappa shape index (κ1) is 40.9. The van der Waals surface area contributed by atoms with Crippen LogP contribution in [0.5, 0.6) is 0 Å². The predicted octanol–water partition coefficient (Wildman–Crippen LogP) is 9.23. The van der Waals surface area contributed by atoms with Crippen LogP contribution in [0.3, 0.4) is 0 Å². The van der Waals surface area contributed by atoms with Gasteiger partial charge in [0.1, 0.15) is 12.7 Å². The molecule has 1 aliphatic heterocycles. The number of ketones is 1. The zero-order valence-corrected chi connectivity index (χ0v) is 32.9. The summed E-state index contributed by atoms with van der Waals surface area (Å²) >= 11 is 2.06. The smallest absolute Gasteiger partial charge is 0.305 e. The van der Waals surface area contributed by atoms with Crippen LogP contribution in [0.4, 0.5) is 8.78 Å². The van der Waals surface area contributed by atoms with Crippen molar-refractivity contribution in [1.29, 1.82) is 0 Å². The monoisotopic (exact) mass is 811 g/mol. The summed E-state index contributed by atoms with van der Waals surface area (Å²) in [6, 6.07) is 12.6. The molecule has 270 valence electrons. The Labute approximate surface area is 305 Å². The zero-order chi connectivity index (χ0) is 36.2. The molecule has 0 aromatic heterocycles. The minimum atomic E-state index is -3.43. The Morgan fingerprint density at radius 2 is 1.67 bits per heavy atom. The summed E-state index contributed by atoms with van der Waals surface area (Å²) in [5.41, 5.74) is 1.08. The molecule has 0 spiro atoms. The van der Waals surface area contributed by atoms with Gasteiger partial charge in [-0.3, -0.25) is 14.4 Å². The highest BCUT2D eigenvalue weighted by molar-refractivity contribution is 14.1. The minimum Gasteiger partial charge on any atom is -0.466 e. The van der Waals surface area contributed by atoms with Crippen LogP contribution in [0.2, 0.25) is 18.1 Å². The lowest BCUT2D eigenvalue weighted by Gasteiger charge is -2.36. The molecule has 1 saturated heterocycles. The highest BCUT2D eigenvalue weighted by Crippen LogP contribution is 2.37. The van der Waals surface area contributed by atoms with Gasteiger partial charge in [-0.1, -0.05) is 82.2 Å². The van der Waals surface area contributed by atoms with E-state index in [-0.39, 0.29) is 28.5 Å². The molecule has 11 heteroatoms. The summed E-state index contributed by atoms with van der Waals surface area (Å²) in [7, 11) is -1.94. The van der Waals surface area contributed by atoms with Gasteiger partial charge in [-0.05, 0) is 84.6 Å². The summed E-state index contributed by atoms with van der Waals surface area (Å²) in [5, 5.41) is 0.0738. The average Bonchev–Trinajstić information content (AvgIpc) is 3.40. The standard InChI is InChI=1S/C38H52F2INO6Si/c1-7-46-36(45)12-10-8-9-11-25-42-32(22-24-35(42)44)21-23-34(38(39,40)30-17-19-31(41)20-18-30)47-27-33(43)29-15-13-28(14-16-29)26-48-49(5,6)37(2,3)4/h13-21,23,32,34H,7-12,22,24-27H2,1-6H3/t32-,34+/m0/s1. The van der Waals surface area contributed by atoms with Gasteiger partial charge in [0.25, 0.3) is 0 Å². The van der Waals surface area contributed by atoms with Crippen LogP contribution < -0.4 is 0 Å². The Morgan fingerprint density at radius 1 is 1.02 bits per heavy atom. The average molecular weight is 812 g/mol. The molecule has 0 saturated carbocycles. The van der Waals surface area contributed by atoms with E-state index in [4.69, 9.17) is 13.9 Å². The first-order valence-electron chi connectivity index (χ1n) is 17.2. The molecule has 1 fully saturated rings. The van der Waals surface area contributed by atoms with Gasteiger partial charge in [0, 0.05) is 34.1 Å². The van der Waals surface area contributed by atoms with Crippen molar-refractivity contribution >= 4 is 48.6 Å². The normalized spacial score (nSPS) is 16.4. The van der Waals surface area contributed by atoms with Crippen LogP contribution >= 0.6 is 22.6 Å². The number of Topliss-reactive ketones (excluding diaryl/α,β-unsaturated/α-hetero) is 1. The zero-order valence-electron chi connectivity index (χ0n) is 29.7. The van der Waals surface area contributed by atoms with Crippen molar-refractivity contribution in [2.45, 2.75) is 115 Å². The van der Waals surface area contributed by atoms with Gasteiger partial charge in [0.15, 0.2) is 14.1 Å². The third kappa shape index (κ3) is 12.4. The molecule has 3 rings (SSSR count). The van der Waals surface area contributed by atoms with E-state index in [0.29, 0.717) is 44.6 Å². The maximum atomic E-state index is 16.0. The fraction of sp³-hybridized carbons (Fsp3) is 0.553.